The Balaban J connectivity index is 1.89. The lowest BCUT2D eigenvalue weighted by atomic mass is 10.1. The number of rotatable bonds is 4. The number of amides is 1. The summed E-state index contributed by atoms with van der Waals surface area (Å²) in [6, 6.07) is 10.1. The Morgan fingerprint density at radius 2 is 1.81 bits per heavy atom. The fraction of sp³-hybridized carbons (Fsp3) is 0.263. The summed E-state index contributed by atoms with van der Waals surface area (Å²) in [5.74, 6) is -0.377. The van der Waals surface area contributed by atoms with Gasteiger partial charge in [-0.2, -0.15) is 0 Å². The number of sulfone groups is 1. The molecule has 0 aliphatic carbocycles. The van der Waals surface area contributed by atoms with Crippen molar-refractivity contribution in [2.24, 2.45) is 0 Å². The second-order valence-electron chi connectivity index (χ2n) is 6.50. The van der Waals surface area contributed by atoms with E-state index in [0.717, 1.165) is 15.8 Å². The molecule has 3 rings (SSSR count). The number of anilines is 1. The summed E-state index contributed by atoms with van der Waals surface area (Å²) >= 11 is 1.40. The van der Waals surface area contributed by atoms with Crippen molar-refractivity contribution in [3.05, 3.63) is 53.1 Å². The van der Waals surface area contributed by atoms with E-state index in [0.29, 0.717) is 10.7 Å². The molecule has 2 aromatic carbocycles. The molecule has 5 nitrogen and oxygen atoms in total. The molecule has 0 radical (unpaired) electrons. The summed E-state index contributed by atoms with van der Waals surface area (Å²) < 4.78 is 25.6. The van der Waals surface area contributed by atoms with Crippen molar-refractivity contribution in [3.8, 4) is 0 Å². The lowest BCUT2D eigenvalue weighted by molar-refractivity contribution is 0.102. The van der Waals surface area contributed by atoms with Gasteiger partial charge in [-0.15, -0.1) is 0 Å². The summed E-state index contributed by atoms with van der Waals surface area (Å²) in [7, 11) is -3.43. The number of carbonyl (C=O) groups excluding carboxylic acids is 1. The van der Waals surface area contributed by atoms with E-state index >= 15 is 0 Å². The molecule has 1 amide bonds. The van der Waals surface area contributed by atoms with Gasteiger partial charge in [0.15, 0.2) is 15.0 Å². The third-order valence-corrected chi connectivity index (χ3v) is 7.36. The van der Waals surface area contributed by atoms with E-state index in [9.17, 15) is 13.2 Å². The smallest absolute Gasteiger partial charge is 0.257 e. The summed E-state index contributed by atoms with van der Waals surface area (Å²) in [5.41, 5.74) is 3.45. The summed E-state index contributed by atoms with van der Waals surface area (Å²) in [5, 5.41) is 2.72. The Morgan fingerprint density at radius 1 is 1.12 bits per heavy atom. The predicted molar refractivity (Wildman–Crippen MR) is 106 cm³/mol. The topological polar surface area (TPSA) is 76.1 Å². The van der Waals surface area contributed by atoms with E-state index < -0.39 is 15.1 Å². The van der Waals surface area contributed by atoms with Gasteiger partial charge in [0.2, 0.25) is 0 Å². The first-order valence-corrected chi connectivity index (χ1v) is 10.6. The molecule has 0 unspecified atom stereocenters. The maximum absolute atomic E-state index is 12.5. The van der Waals surface area contributed by atoms with Gasteiger partial charge in [0.25, 0.3) is 5.91 Å². The van der Waals surface area contributed by atoms with Gasteiger partial charge in [-0.05, 0) is 69.2 Å². The molecule has 0 fully saturated rings. The minimum atomic E-state index is -3.43. The molecule has 7 heteroatoms. The van der Waals surface area contributed by atoms with Crippen LogP contribution in [-0.2, 0) is 9.84 Å². The van der Waals surface area contributed by atoms with E-state index in [1.54, 1.807) is 26.0 Å². The number of nitrogens with one attached hydrogen (secondary N) is 1. The number of benzene rings is 2. The van der Waals surface area contributed by atoms with E-state index in [1.165, 1.54) is 29.0 Å². The molecule has 0 saturated carbocycles. The van der Waals surface area contributed by atoms with E-state index in [-0.39, 0.29) is 10.8 Å². The normalized spacial score (nSPS) is 11.9. The number of carbonyl (C=O) groups is 1. The first kappa shape index (κ1) is 18.5. The number of aromatic nitrogens is 1. The molecular formula is C19H20N2O3S2. The van der Waals surface area contributed by atoms with Gasteiger partial charge in [0.1, 0.15) is 0 Å². The summed E-state index contributed by atoms with van der Waals surface area (Å²) in [4.78, 5) is 17.1. The van der Waals surface area contributed by atoms with E-state index in [1.807, 2.05) is 26.0 Å². The zero-order chi connectivity index (χ0) is 19.1. The number of fused-ring (bicyclic) bond motifs is 1. The van der Waals surface area contributed by atoms with Crippen molar-refractivity contribution >= 4 is 42.4 Å². The number of aryl methyl sites for hydroxylation is 2. The van der Waals surface area contributed by atoms with Crippen LogP contribution in [0.25, 0.3) is 10.2 Å². The largest absolute Gasteiger partial charge is 0.298 e. The highest BCUT2D eigenvalue weighted by molar-refractivity contribution is 7.92. The number of thiazole rings is 1. The minimum Gasteiger partial charge on any atom is -0.298 e. The Morgan fingerprint density at radius 3 is 2.50 bits per heavy atom. The van der Waals surface area contributed by atoms with Gasteiger partial charge in [0, 0.05) is 5.56 Å². The maximum atomic E-state index is 12.5. The fourth-order valence-corrected chi connectivity index (χ4v) is 4.53. The molecule has 0 spiro atoms. The van der Waals surface area contributed by atoms with Gasteiger partial charge < -0.3 is 0 Å². The molecule has 1 heterocycles. The molecule has 136 valence electrons. The molecule has 0 aliphatic rings. The molecule has 3 aromatic rings. The number of nitrogens with zero attached hydrogens (tertiary/aromatic N) is 1. The Bertz CT molecular complexity index is 1060. The summed E-state index contributed by atoms with van der Waals surface area (Å²) in [6.07, 6.45) is 0. The van der Waals surface area contributed by atoms with Crippen LogP contribution in [0, 0.1) is 13.8 Å². The lowest BCUT2D eigenvalue weighted by Crippen LogP contribution is -2.16. The third kappa shape index (κ3) is 3.50. The van der Waals surface area contributed by atoms with Crippen LogP contribution in [0.4, 0.5) is 5.13 Å². The van der Waals surface area contributed by atoms with Crippen LogP contribution in [-0.4, -0.2) is 24.6 Å². The SMILES string of the molecule is Cc1cc2nc(NC(=O)c3cccc(S(=O)(=O)C(C)C)c3)sc2cc1C. The first-order valence-electron chi connectivity index (χ1n) is 8.21. The van der Waals surface area contributed by atoms with Crippen LogP contribution < -0.4 is 5.32 Å². The maximum Gasteiger partial charge on any atom is 0.257 e. The van der Waals surface area contributed by atoms with Crippen molar-refractivity contribution in [3.63, 3.8) is 0 Å². The third-order valence-electron chi connectivity index (χ3n) is 4.27. The van der Waals surface area contributed by atoms with Crippen LogP contribution >= 0.6 is 11.3 Å². The van der Waals surface area contributed by atoms with Crippen LogP contribution in [0.3, 0.4) is 0 Å². The average molecular weight is 389 g/mol. The molecule has 0 atom stereocenters. The zero-order valence-electron chi connectivity index (χ0n) is 15.0. The Hall–Kier alpha value is -2.25. The van der Waals surface area contributed by atoms with Crippen LogP contribution in [0.2, 0.25) is 0 Å². The molecule has 26 heavy (non-hydrogen) atoms. The van der Waals surface area contributed by atoms with Crippen molar-refractivity contribution < 1.29 is 13.2 Å². The average Bonchev–Trinajstić information content (AvgIpc) is 2.96. The molecule has 0 aliphatic heterocycles. The monoisotopic (exact) mass is 388 g/mol. The number of hydrogen-bond acceptors (Lipinski definition) is 5. The Kier molecular flexibility index (Phi) is 4.86. The number of hydrogen-bond donors (Lipinski definition) is 1. The van der Waals surface area contributed by atoms with Crippen LogP contribution in [0.1, 0.15) is 35.3 Å². The highest BCUT2D eigenvalue weighted by atomic mass is 32.2. The molecule has 1 aromatic heterocycles. The van der Waals surface area contributed by atoms with E-state index in [4.69, 9.17) is 0 Å². The van der Waals surface area contributed by atoms with Crippen LogP contribution in [0.15, 0.2) is 41.3 Å². The van der Waals surface area contributed by atoms with Gasteiger partial charge >= 0.3 is 0 Å². The highest BCUT2D eigenvalue weighted by Gasteiger charge is 2.20. The fourth-order valence-electron chi connectivity index (χ4n) is 2.49. The quantitative estimate of drug-likeness (QED) is 0.721. The second kappa shape index (κ2) is 6.81. The second-order valence-corrected chi connectivity index (χ2v) is 10.0. The van der Waals surface area contributed by atoms with Crippen LogP contribution in [0.5, 0.6) is 0 Å². The van der Waals surface area contributed by atoms with E-state index in [2.05, 4.69) is 10.3 Å². The van der Waals surface area contributed by atoms with Crippen molar-refractivity contribution in [1.29, 1.82) is 0 Å². The summed E-state index contributed by atoms with van der Waals surface area (Å²) in [6.45, 7) is 7.29. The van der Waals surface area contributed by atoms with Crippen molar-refractivity contribution in [2.75, 3.05) is 5.32 Å². The minimum absolute atomic E-state index is 0.149. The first-order chi connectivity index (χ1) is 12.2. The Labute approximate surface area is 157 Å². The molecule has 1 N–H and O–H groups in total. The molecular weight excluding hydrogens is 368 g/mol. The molecule has 0 saturated heterocycles. The molecule has 0 bridgehead atoms. The van der Waals surface area contributed by atoms with Crippen molar-refractivity contribution in [2.45, 2.75) is 37.8 Å². The van der Waals surface area contributed by atoms with Gasteiger partial charge in [-0.1, -0.05) is 17.4 Å². The highest BCUT2D eigenvalue weighted by Crippen LogP contribution is 2.28. The lowest BCUT2D eigenvalue weighted by Gasteiger charge is -2.09. The predicted octanol–water partition coefficient (Wildman–Crippen LogP) is 4.35. The van der Waals surface area contributed by atoms with Gasteiger partial charge in [-0.3, -0.25) is 10.1 Å². The van der Waals surface area contributed by atoms with Crippen molar-refractivity contribution in [1.82, 2.24) is 4.98 Å². The van der Waals surface area contributed by atoms with Gasteiger partial charge in [-0.25, -0.2) is 13.4 Å². The van der Waals surface area contributed by atoms with Gasteiger partial charge in [0.05, 0.1) is 20.4 Å². The zero-order valence-corrected chi connectivity index (χ0v) is 16.7. The standard InChI is InChI=1S/C19H20N2O3S2/c1-11(2)26(23,24)15-7-5-6-14(10-15)18(22)21-19-20-16-8-12(3)13(4)9-17(16)25-19/h5-11H,1-4H3,(H,20,21,22).